The summed E-state index contributed by atoms with van der Waals surface area (Å²) >= 11 is 5.96. The highest BCUT2D eigenvalue weighted by Crippen LogP contribution is 2.29. The Balaban J connectivity index is 2.08. The van der Waals surface area contributed by atoms with Gasteiger partial charge in [-0.2, -0.15) is 0 Å². The molecule has 1 N–H and O–H groups in total. The number of nitro groups is 1. The molecule has 0 bridgehead atoms. The molecule has 158 valence electrons. The van der Waals surface area contributed by atoms with Crippen LogP contribution < -0.4 is 14.8 Å². The minimum Gasteiger partial charge on any atom is -0.493 e. The first-order chi connectivity index (χ1) is 14.3. The number of hydrogen-bond acceptors (Lipinski definition) is 7. The maximum absolute atomic E-state index is 12.4. The molecule has 1 atom stereocenters. The van der Waals surface area contributed by atoms with E-state index in [4.69, 9.17) is 25.8 Å². The van der Waals surface area contributed by atoms with Crippen molar-refractivity contribution in [1.82, 2.24) is 0 Å². The van der Waals surface area contributed by atoms with Crippen LogP contribution in [0.3, 0.4) is 0 Å². The van der Waals surface area contributed by atoms with Gasteiger partial charge in [-0.1, -0.05) is 24.3 Å². The molecule has 2 aromatic carbocycles. The number of halogens is 1. The third-order valence-electron chi connectivity index (χ3n) is 3.83. The Labute approximate surface area is 177 Å². The first kappa shape index (κ1) is 22.7. The van der Waals surface area contributed by atoms with E-state index in [-0.39, 0.29) is 28.6 Å². The fourth-order valence-corrected chi connectivity index (χ4v) is 2.47. The van der Waals surface area contributed by atoms with Crippen molar-refractivity contribution >= 4 is 34.9 Å². The number of nitrogens with one attached hydrogen (secondary N) is 1. The number of carbonyl (C=O) groups is 2. The van der Waals surface area contributed by atoms with Crippen LogP contribution in [0.25, 0.3) is 0 Å². The molecule has 10 heteroatoms. The summed E-state index contributed by atoms with van der Waals surface area (Å²) in [5.41, 5.74) is -0.0693. The van der Waals surface area contributed by atoms with Crippen molar-refractivity contribution in [2.45, 2.75) is 13.0 Å². The summed E-state index contributed by atoms with van der Waals surface area (Å²) in [5, 5.41) is 13.4. The largest absolute Gasteiger partial charge is 0.493 e. The van der Waals surface area contributed by atoms with Crippen molar-refractivity contribution in [3.05, 3.63) is 69.8 Å². The lowest BCUT2D eigenvalue weighted by Crippen LogP contribution is -2.30. The van der Waals surface area contributed by atoms with Crippen LogP contribution in [-0.2, 0) is 9.53 Å². The van der Waals surface area contributed by atoms with Crippen LogP contribution in [-0.4, -0.2) is 36.6 Å². The van der Waals surface area contributed by atoms with E-state index in [1.54, 1.807) is 6.08 Å². The summed E-state index contributed by atoms with van der Waals surface area (Å²) in [4.78, 5) is 35.0. The molecular weight excluding hydrogens is 416 g/mol. The number of nitrogens with zero attached hydrogens (tertiary/aromatic N) is 1. The second-order valence-corrected chi connectivity index (χ2v) is 6.33. The van der Waals surface area contributed by atoms with Gasteiger partial charge in [0.15, 0.2) is 17.6 Å². The van der Waals surface area contributed by atoms with Crippen LogP contribution in [0.5, 0.6) is 11.5 Å². The van der Waals surface area contributed by atoms with E-state index >= 15 is 0 Å². The van der Waals surface area contributed by atoms with Gasteiger partial charge in [0, 0.05) is 12.1 Å². The molecule has 0 aliphatic heterocycles. The highest BCUT2D eigenvalue weighted by atomic mass is 35.5. The smallest absolute Gasteiger partial charge is 0.339 e. The molecule has 0 saturated carbocycles. The number of esters is 1. The summed E-state index contributed by atoms with van der Waals surface area (Å²) in [7, 11) is 1.42. The lowest BCUT2D eigenvalue weighted by atomic mass is 10.2. The van der Waals surface area contributed by atoms with E-state index in [9.17, 15) is 19.7 Å². The Bertz CT molecular complexity index is 978. The monoisotopic (exact) mass is 434 g/mol. The molecule has 0 aliphatic rings. The number of hydrogen-bond donors (Lipinski definition) is 1. The highest BCUT2D eigenvalue weighted by molar-refractivity contribution is 6.33. The third kappa shape index (κ3) is 5.71. The summed E-state index contributed by atoms with van der Waals surface area (Å²) in [5.74, 6) is -0.744. The number of anilines is 1. The number of methoxy groups -OCH3 is 1. The van der Waals surface area contributed by atoms with Gasteiger partial charge in [0.05, 0.1) is 28.3 Å². The van der Waals surface area contributed by atoms with E-state index in [0.29, 0.717) is 11.5 Å². The van der Waals surface area contributed by atoms with Gasteiger partial charge in [0.1, 0.15) is 6.61 Å². The fraction of sp³-hybridized carbons (Fsp3) is 0.200. The quantitative estimate of drug-likeness (QED) is 0.274. The first-order valence-electron chi connectivity index (χ1n) is 8.64. The highest BCUT2D eigenvalue weighted by Gasteiger charge is 2.22. The van der Waals surface area contributed by atoms with Gasteiger partial charge in [-0.25, -0.2) is 4.79 Å². The molecule has 1 amide bonds. The molecule has 0 spiro atoms. The molecule has 0 radical (unpaired) electrons. The second-order valence-electron chi connectivity index (χ2n) is 5.92. The van der Waals surface area contributed by atoms with Crippen molar-refractivity contribution in [1.29, 1.82) is 0 Å². The summed E-state index contributed by atoms with van der Waals surface area (Å²) in [6.07, 6.45) is 0.366. The van der Waals surface area contributed by atoms with Crippen LogP contribution >= 0.6 is 11.6 Å². The average Bonchev–Trinajstić information content (AvgIpc) is 2.73. The normalized spacial score (nSPS) is 11.2. The molecule has 0 saturated heterocycles. The Hall–Kier alpha value is -3.59. The van der Waals surface area contributed by atoms with Gasteiger partial charge < -0.3 is 19.5 Å². The average molecular weight is 435 g/mol. The predicted molar refractivity (Wildman–Crippen MR) is 110 cm³/mol. The SMILES string of the molecule is C=CCOc1ccc(C(=O)OC(C)C(=O)Nc2cc([N+](=O)[O-])ccc2Cl)cc1OC. The van der Waals surface area contributed by atoms with Crippen LogP contribution in [0.4, 0.5) is 11.4 Å². The molecule has 2 rings (SSSR count). The molecule has 0 aromatic heterocycles. The van der Waals surface area contributed by atoms with Gasteiger partial charge in [-0.15, -0.1) is 0 Å². The van der Waals surface area contributed by atoms with Crippen LogP contribution in [0.1, 0.15) is 17.3 Å². The first-order valence-corrected chi connectivity index (χ1v) is 9.02. The second kappa shape index (κ2) is 10.3. The summed E-state index contributed by atoms with van der Waals surface area (Å²) in [6, 6.07) is 8.02. The number of non-ortho nitro benzene ring substituents is 1. The van der Waals surface area contributed by atoms with Crippen molar-refractivity contribution in [2.75, 3.05) is 19.0 Å². The standard InChI is InChI=1S/C20H19ClN2O7/c1-4-9-29-17-8-5-13(10-18(17)28-3)20(25)30-12(2)19(24)22-16-11-14(23(26)27)6-7-15(16)21/h4-8,10-12H,1,9H2,2-3H3,(H,22,24). The minimum atomic E-state index is -1.20. The fourth-order valence-electron chi connectivity index (χ4n) is 2.30. The van der Waals surface area contributed by atoms with Crippen LogP contribution in [0.2, 0.25) is 5.02 Å². The molecular formula is C20H19ClN2O7. The van der Waals surface area contributed by atoms with Crippen molar-refractivity contribution in [2.24, 2.45) is 0 Å². The lowest BCUT2D eigenvalue weighted by molar-refractivity contribution is -0.384. The van der Waals surface area contributed by atoms with Crippen LogP contribution in [0.15, 0.2) is 49.1 Å². The van der Waals surface area contributed by atoms with E-state index in [2.05, 4.69) is 11.9 Å². The maximum Gasteiger partial charge on any atom is 0.339 e. The molecule has 2 aromatic rings. The molecule has 9 nitrogen and oxygen atoms in total. The van der Waals surface area contributed by atoms with E-state index < -0.39 is 22.9 Å². The molecule has 0 heterocycles. The lowest BCUT2D eigenvalue weighted by Gasteiger charge is -2.15. The molecule has 0 fully saturated rings. The zero-order valence-corrected chi connectivity index (χ0v) is 17.0. The summed E-state index contributed by atoms with van der Waals surface area (Å²) < 4.78 is 15.8. The number of ether oxygens (including phenoxy) is 3. The van der Waals surface area contributed by atoms with Gasteiger partial charge in [-0.3, -0.25) is 14.9 Å². The molecule has 0 aliphatic carbocycles. The van der Waals surface area contributed by atoms with E-state index in [1.165, 1.54) is 44.4 Å². The Morgan fingerprint density at radius 2 is 2.00 bits per heavy atom. The zero-order valence-electron chi connectivity index (χ0n) is 16.2. The number of benzene rings is 2. The van der Waals surface area contributed by atoms with Crippen LogP contribution in [0, 0.1) is 10.1 Å². The van der Waals surface area contributed by atoms with E-state index in [1.807, 2.05) is 0 Å². The van der Waals surface area contributed by atoms with Gasteiger partial charge in [0.25, 0.3) is 11.6 Å². The maximum atomic E-state index is 12.4. The summed E-state index contributed by atoms with van der Waals surface area (Å²) in [6.45, 7) is 5.18. The molecule has 30 heavy (non-hydrogen) atoms. The Morgan fingerprint density at radius 3 is 2.63 bits per heavy atom. The molecule has 1 unspecified atom stereocenters. The predicted octanol–water partition coefficient (Wildman–Crippen LogP) is 4.01. The van der Waals surface area contributed by atoms with Gasteiger partial charge in [-0.05, 0) is 31.2 Å². The van der Waals surface area contributed by atoms with Gasteiger partial charge >= 0.3 is 5.97 Å². The topological polar surface area (TPSA) is 117 Å². The number of nitro benzene ring substituents is 1. The number of amides is 1. The minimum absolute atomic E-state index is 0.0316. The zero-order chi connectivity index (χ0) is 22.3. The third-order valence-corrected chi connectivity index (χ3v) is 4.16. The van der Waals surface area contributed by atoms with Gasteiger partial charge in [0.2, 0.25) is 0 Å². The van der Waals surface area contributed by atoms with Crippen molar-refractivity contribution in [3.63, 3.8) is 0 Å². The number of rotatable bonds is 9. The Kier molecular flexibility index (Phi) is 7.76. The Morgan fingerprint density at radius 1 is 1.27 bits per heavy atom. The van der Waals surface area contributed by atoms with Crippen molar-refractivity contribution < 1.29 is 28.7 Å². The number of carbonyl (C=O) groups excluding carboxylic acids is 2. The van der Waals surface area contributed by atoms with E-state index in [0.717, 1.165) is 6.07 Å². The van der Waals surface area contributed by atoms with Crippen molar-refractivity contribution in [3.8, 4) is 11.5 Å².